The number of nitrogen functional groups attached to an aromatic ring is 1. The number of aryl methyl sites for hydroxylation is 1. The van der Waals surface area contributed by atoms with Gasteiger partial charge in [0, 0.05) is 7.05 Å². The number of nitrogens with zero attached hydrogens (tertiary/aromatic N) is 5. The molecule has 7 heteroatoms. The Labute approximate surface area is 86.4 Å². The van der Waals surface area contributed by atoms with E-state index in [0.717, 1.165) is 5.82 Å². The van der Waals surface area contributed by atoms with Crippen molar-refractivity contribution in [2.75, 3.05) is 11.1 Å². The average molecular weight is 205 g/mol. The maximum atomic E-state index is 5.67. The minimum Gasteiger partial charge on any atom is -0.394 e. The number of anilines is 2. The summed E-state index contributed by atoms with van der Waals surface area (Å²) in [6.45, 7) is 0.526. The second-order valence-electron chi connectivity index (χ2n) is 3.04. The number of aromatic nitrogens is 5. The second-order valence-corrected chi connectivity index (χ2v) is 3.04. The van der Waals surface area contributed by atoms with Gasteiger partial charge in [0.25, 0.3) is 0 Å². The Morgan fingerprint density at radius 3 is 3.07 bits per heavy atom. The van der Waals surface area contributed by atoms with Gasteiger partial charge in [-0.05, 0) is 0 Å². The molecule has 2 aromatic rings. The summed E-state index contributed by atoms with van der Waals surface area (Å²) in [4.78, 5) is 7.80. The summed E-state index contributed by atoms with van der Waals surface area (Å²) in [7, 11) is 1.88. The summed E-state index contributed by atoms with van der Waals surface area (Å²) in [6.07, 6.45) is 4.63. The van der Waals surface area contributed by atoms with Gasteiger partial charge in [-0.3, -0.25) is 0 Å². The molecule has 0 bridgehead atoms. The van der Waals surface area contributed by atoms with Crippen LogP contribution in [-0.2, 0) is 13.6 Å². The van der Waals surface area contributed by atoms with Crippen molar-refractivity contribution in [3.63, 3.8) is 0 Å². The molecule has 2 heterocycles. The predicted molar refractivity (Wildman–Crippen MR) is 54.8 cm³/mol. The van der Waals surface area contributed by atoms with Crippen molar-refractivity contribution in [3.8, 4) is 0 Å². The first kappa shape index (κ1) is 9.38. The third-order valence-electron chi connectivity index (χ3n) is 1.96. The van der Waals surface area contributed by atoms with E-state index in [2.05, 4.69) is 25.5 Å². The molecular weight excluding hydrogens is 194 g/mol. The molecule has 78 valence electrons. The zero-order valence-corrected chi connectivity index (χ0v) is 8.25. The molecule has 0 saturated heterocycles. The summed E-state index contributed by atoms with van der Waals surface area (Å²) < 4.78 is 1.82. The molecule has 0 saturated carbocycles. The lowest BCUT2D eigenvalue weighted by Crippen LogP contribution is -2.08. The fourth-order valence-corrected chi connectivity index (χ4v) is 1.12. The molecule has 0 radical (unpaired) electrons. The Balaban J connectivity index is 2.06. The van der Waals surface area contributed by atoms with Crippen molar-refractivity contribution in [3.05, 3.63) is 24.7 Å². The fourth-order valence-electron chi connectivity index (χ4n) is 1.12. The van der Waals surface area contributed by atoms with Crippen molar-refractivity contribution >= 4 is 11.5 Å². The summed E-state index contributed by atoms with van der Waals surface area (Å²) in [5, 5.41) is 10.7. The topological polar surface area (TPSA) is 94.5 Å². The minimum absolute atomic E-state index is 0.514. The number of nitrogens with two attached hydrogens (primary N) is 1. The molecule has 0 fully saturated rings. The van der Waals surface area contributed by atoms with Crippen molar-refractivity contribution < 1.29 is 0 Å². The van der Waals surface area contributed by atoms with E-state index < -0.39 is 0 Å². The summed E-state index contributed by atoms with van der Waals surface area (Å²) in [5.41, 5.74) is 6.18. The summed E-state index contributed by atoms with van der Waals surface area (Å²) in [5.74, 6) is 1.42. The maximum absolute atomic E-state index is 5.67. The van der Waals surface area contributed by atoms with E-state index in [-0.39, 0.29) is 0 Å². The molecule has 2 aromatic heterocycles. The van der Waals surface area contributed by atoms with E-state index in [9.17, 15) is 0 Å². The third kappa shape index (κ3) is 2.01. The molecule has 0 atom stereocenters. The highest BCUT2D eigenvalue weighted by molar-refractivity contribution is 5.58. The SMILES string of the molecule is Cn1cnnc1CNc1ncncc1N. The van der Waals surface area contributed by atoms with Crippen LogP contribution in [0, 0.1) is 0 Å². The first-order valence-corrected chi connectivity index (χ1v) is 4.39. The average Bonchev–Trinajstić information content (AvgIpc) is 2.63. The van der Waals surface area contributed by atoms with Crippen LogP contribution in [0.2, 0.25) is 0 Å². The second kappa shape index (κ2) is 3.91. The van der Waals surface area contributed by atoms with Crippen LogP contribution >= 0.6 is 0 Å². The zero-order valence-electron chi connectivity index (χ0n) is 8.25. The smallest absolute Gasteiger partial charge is 0.153 e. The largest absolute Gasteiger partial charge is 0.394 e. The highest BCUT2D eigenvalue weighted by Crippen LogP contribution is 2.11. The summed E-state index contributed by atoms with van der Waals surface area (Å²) >= 11 is 0. The Bertz CT molecular complexity index is 450. The highest BCUT2D eigenvalue weighted by Gasteiger charge is 2.02. The van der Waals surface area contributed by atoms with E-state index >= 15 is 0 Å². The predicted octanol–water partition coefficient (Wildman–Crippen LogP) is -0.201. The molecular formula is C8H11N7. The Morgan fingerprint density at radius 1 is 1.53 bits per heavy atom. The molecule has 0 aromatic carbocycles. The first-order chi connectivity index (χ1) is 7.27. The first-order valence-electron chi connectivity index (χ1n) is 4.39. The minimum atomic E-state index is 0.514. The van der Waals surface area contributed by atoms with Crippen molar-refractivity contribution in [1.29, 1.82) is 0 Å². The Morgan fingerprint density at radius 2 is 2.40 bits per heavy atom. The van der Waals surface area contributed by atoms with Gasteiger partial charge >= 0.3 is 0 Å². The zero-order chi connectivity index (χ0) is 10.7. The van der Waals surface area contributed by atoms with Crippen LogP contribution < -0.4 is 11.1 Å². The molecule has 2 rings (SSSR count). The molecule has 0 aliphatic carbocycles. The number of hydrogen-bond donors (Lipinski definition) is 2. The van der Waals surface area contributed by atoms with Crippen molar-refractivity contribution in [2.24, 2.45) is 7.05 Å². The molecule has 0 aliphatic rings. The molecule has 0 unspecified atom stereocenters. The summed E-state index contributed by atoms with van der Waals surface area (Å²) in [6, 6.07) is 0. The van der Waals surface area contributed by atoms with E-state index in [1.165, 1.54) is 6.33 Å². The van der Waals surface area contributed by atoms with Crippen molar-refractivity contribution in [1.82, 2.24) is 24.7 Å². The third-order valence-corrected chi connectivity index (χ3v) is 1.96. The van der Waals surface area contributed by atoms with E-state index in [1.807, 2.05) is 11.6 Å². The van der Waals surface area contributed by atoms with Crippen LogP contribution in [0.1, 0.15) is 5.82 Å². The quantitative estimate of drug-likeness (QED) is 0.720. The molecule has 15 heavy (non-hydrogen) atoms. The molecule has 0 aliphatic heterocycles. The van der Waals surface area contributed by atoms with Crippen LogP contribution in [0.3, 0.4) is 0 Å². The van der Waals surface area contributed by atoms with Gasteiger partial charge in [-0.1, -0.05) is 0 Å². The lowest BCUT2D eigenvalue weighted by Gasteiger charge is -2.06. The van der Waals surface area contributed by atoms with Crippen LogP contribution in [0.4, 0.5) is 11.5 Å². The van der Waals surface area contributed by atoms with E-state index in [4.69, 9.17) is 5.73 Å². The van der Waals surface area contributed by atoms with Gasteiger partial charge in [0.15, 0.2) is 11.6 Å². The van der Waals surface area contributed by atoms with Gasteiger partial charge < -0.3 is 15.6 Å². The van der Waals surface area contributed by atoms with Gasteiger partial charge in [0.1, 0.15) is 12.7 Å². The highest BCUT2D eigenvalue weighted by atomic mass is 15.3. The molecule has 0 amide bonds. The van der Waals surface area contributed by atoms with Crippen LogP contribution in [0.25, 0.3) is 0 Å². The molecule has 3 N–H and O–H groups in total. The van der Waals surface area contributed by atoms with Gasteiger partial charge in [-0.25, -0.2) is 9.97 Å². The van der Waals surface area contributed by atoms with E-state index in [0.29, 0.717) is 18.1 Å². The van der Waals surface area contributed by atoms with Gasteiger partial charge in [-0.15, -0.1) is 10.2 Å². The maximum Gasteiger partial charge on any atom is 0.153 e. The lowest BCUT2D eigenvalue weighted by atomic mass is 10.4. The number of nitrogens with one attached hydrogen (secondary N) is 1. The van der Waals surface area contributed by atoms with Gasteiger partial charge in [0.2, 0.25) is 0 Å². The van der Waals surface area contributed by atoms with Gasteiger partial charge in [-0.2, -0.15) is 0 Å². The normalized spacial score (nSPS) is 10.2. The number of hydrogen-bond acceptors (Lipinski definition) is 6. The Kier molecular flexibility index (Phi) is 2.44. The Hall–Kier alpha value is -2.18. The monoisotopic (exact) mass is 205 g/mol. The van der Waals surface area contributed by atoms with Crippen LogP contribution in [-0.4, -0.2) is 24.7 Å². The van der Waals surface area contributed by atoms with Crippen LogP contribution in [0.5, 0.6) is 0 Å². The fraction of sp³-hybridized carbons (Fsp3) is 0.250. The van der Waals surface area contributed by atoms with Gasteiger partial charge in [0.05, 0.1) is 18.4 Å². The standard InChI is InChI=1S/C8H11N7/c1-15-5-13-14-7(15)3-11-8-6(9)2-10-4-12-8/h2,4-5H,3,9H2,1H3,(H,10,11,12). The lowest BCUT2D eigenvalue weighted by molar-refractivity contribution is 0.810. The van der Waals surface area contributed by atoms with Crippen molar-refractivity contribution in [2.45, 2.75) is 6.54 Å². The molecule has 7 nitrogen and oxygen atoms in total. The van der Waals surface area contributed by atoms with Crippen LogP contribution in [0.15, 0.2) is 18.9 Å². The number of rotatable bonds is 3. The van der Waals surface area contributed by atoms with E-state index in [1.54, 1.807) is 12.5 Å². The molecule has 0 spiro atoms.